The van der Waals surface area contributed by atoms with Gasteiger partial charge in [0.25, 0.3) is 0 Å². The molecule has 0 atom stereocenters. The van der Waals surface area contributed by atoms with Crippen molar-refractivity contribution < 1.29 is 19.1 Å². The Morgan fingerprint density at radius 2 is 1.75 bits per heavy atom. The summed E-state index contributed by atoms with van der Waals surface area (Å²) in [5.74, 6) is -0.835. The lowest BCUT2D eigenvalue weighted by atomic mass is 10.1. The van der Waals surface area contributed by atoms with Crippen molar-refractivity contribution in [2.75, 3.05) is 19.5 Å². The van der Waals surface area contributed by atoms with Gasteiger partial charge in [0.2, 0.25) is 0 Å². The maximum Gasteiger partial charge on any atom is 0.339 e. The quantitative estimate of drug-likeness (QED) is 0.857. The first-order valence-electron chi connectivity index (χ1n) is 6.73. The third-order valence-corrected chi connectivity index (χ3v) is 3.56. The summed E-state index contributed by atoms with van der Waals surface area (Å²) in [4.78, 5) is 23.4. The minimum absolute atomic E-state index is 0.339. The molecule has 20 heavy (non-hydrogen) atoms. The molecule has 0 aliphatic heterocycles. The summed E-state index contributed by atoms with van der Waals surface area (Å²) in [5.41, 5.74) is 1.49. The molecule has 5 heteroatoms. The highest BCUT2D eigenvalue weighted by molar-refractivity contribution is 5.99. The fourth-order valence-electron chi connectivity index (χ4n) is 2.49. The highest BCUT2D eigenvalue weighted by Crippen LogP contribution is 2.26. The number of methoxy groups -OCH3 is 2. The smallest absolute Gasteiger partial charge is 0.339 e. The lowest BCUT2D eigenvalue weighted by Gasteiger charge is -2.17. The summed E-state index contributed by atoms with van der Waals surface area (Å²) in [6.07, 6.45) is 4.51. The minimum atomic E-state index is -0.420. The topological polar surface area (TPSA) is 64.6 Å². The molecule has 0 saturated heterocycles. The van der Waals surface area contributed by atoms with Crippen molar-refractivity contribution in [3.63, 3.8) is 0 Å². The predicted octanol–water partition coefficient (Wildman–Crippen LogP) is 2.61. The van der Waals surface area contributed by atoms with Crippen LogP contribution in [0.1, 0.15) is 46.4 Å². The predicted molar refractivity (Wildman–Crippen MR) is 75.0 cm³/mol. The molecule has 1 aromatic rings. The number of carbonyl (C=O) groups is 2. The number of nitrogens with one attached hydrogen (secondary N) is 1. The van der Waals surface area contributed by atoms with Crippen molar-refractivity contribution in [1.82, 2.24) is 0 Å². The zero-order valence-corrected chi connectivity index (χ0v) is 11.8. The Kier molecular flexibility index (Phi) is 4.61. The van der Waals surface area contributed by atoms with Gasteiger partial charge in [0.05, 0.1) is 25.3 Å². The highest BCUT2D eigenvalue weighted by Gasteiger charge is 2.20. The molecule has 0 bridgehead atoms. The molecule has 1 saturated carbocycles. The summed E-state index contributed by atoms with van der Waals surface area (Å²) in [6.45, 7) is 0. The van der Waals surface area contributed by atoms with Gasteiger partial charge in [-0.15, -0.1) is 0 Å². The van der Waals surface area contributed by atoms with Gasteiger partial charge < -0.3 is 14.8 Å². The second-order valence-electron chi connectivity index (χ2n) is 4.87. The van der Waals surface area contributed by atoms with Crippen LogP contribution in [0.2, 0.25) is 0 Å². The molecule has 0 amide bonds. The molecule has 1 aromatic carbocycles. The van der Waals surface area contributed by atoms with Crippen molar-refractivity contribution in [3.8, 4) is 0 Å². The normalized spacial score (nSPS) is 14.9. The van der Waals surface area contributed by atoms with Crippen LogP contribution >= 0.6 is 0 Å². The number of esters is 2. The number of ether oxygens (including phenoxy) is 2. The van der Waals surface area contributed by atoms with Crippen molar-refractivity contribution in [3.05, 3.63) is 29.3 Å². The van der Waals surface area contributed by atoms with Crippen molar-refractivity contribution in [1.29, 1.82) is 0 Å². The van der Waals surface area contributed by atoms with E-state index in [1.165, 1.54) is 27.1 Å². The summed E-state index contributed by atoms with van der Waals surface area (Å²) in [6, 6.07) is 5.15. The molecular weight excluding hydrogens is 258 g/mol. The Labute approximate surface area is 118 Å². The molecule has 0 spiro atoms. The highest BCUT2D eigenvalue weighted by atomic mass is 16.5. The summed E-state index contributed by atoms with van der Waals surface area (Å²) < 4.78 is 9.48. The number of benzene rings is 1. The van der Waals surface area contributed by atoms with Gasteiger partial charge in [0, 0.05) is 11.7 Å². The lowest BCUT2D eigenvalue weighted by Crippen LogP contribution is -2.18. The Morgan fingerprint density at radius 1 is 1.10 bits per heavy atom. The van der Waals surface area contributed by atoms with Crippen LogP contribution in [0, 0.1) is 0 Å². The Hall–Kier alpha value is -2.04. The van der Waals surface area contributed by atoms with Crippen LogP contribution < -0.4 is 5.32 Å². The Bertz CT molecular complexity index is 507. The number of rotatable bonds is 4. The molecular formula is C15H19NO4. The molecule has 1 fully saturated rings. The van der Waals surface area contributed by atoms with E-state index in [4.69, 9.17) is 9.47 Å². The Morgan fingerprint density at radius 3 is 2.35 bits per heavy atom. The molecule has 5 nitrogen and oxygen atoms in total. The van der Waals surface area contributed by atoms with E-state index < -0.39 is 11.9 Å². The van der Waals surface area contributed by atoms with Crippen molar-refractivity contribution >= 4 is 17.6 Å². The number of hydrogen-bond donors (Lipinski definition) is 1. The van der Waals surface area contributed by atoms with Crippen molar-refractivity contribution in [2.24, 2.45) is 0 Å². The first-order chi connectivity index (χ1) is 9.65. The lowest BCUT2D eigenvalue weighted by molar-refractivity contribution is 0.0587. The van der Waals surface area contributed by atoms with E-state index in [0.29, 0.717) is 22.9 Å². The van der Waals surface area contributed by atoms with Gasteiger partial charge in [-0.1, -0.05) is 12.8 Å². The van der Waals surface area contributed by atoms with Crippen molar-refractivity contribution in [2.45, 2.75) is 31.7 Å². The maximum atomic E-state index is 11.8. The first-order valence-corrected chi connectivity index (χ1v) is 6.73. The second-order valence-corrected chi connectivity index (χ2v) is 4.87. The van der Waals surface area contributed by atoms with E-state index in [9.17, 15) is 9.59 Å². The second kappa shape index (κ2) is 6.41. The van der Waals surface area contributed by atoms with Crippen LogP contribution in [0.4, 0.5) is 5.69 Å². The van der Waals surface area contributed by atoms with Gasteiger partial charge in [-0.2, -0.15) is 0 Å². The summed E-state index contributed by atoms with van der Waals surface area (Å²) in [5, 5.41) is 3.34. The Balaban J connectivity index is 2.31. The fourth-order valence-corrected chi connectivity index (χ4v) is 2.49. The number of anilines is 1. The standard InChI is InChI=1S/C15H19NO4/c1-19-14(17)10-7-8-12(15(18)20-2)13(9-10)16-11-5-3-4-6-11/h7-9,11,16H,3-6H2,1-2H3. The van der Waals surface area contributed by atoms with Gasteiger partial charge in [0.1, 0.15) is 0 Å². The van der Waals surface area contributed by atoms with Gasteiger partial charge in [0.15, 0.2) is 0 Å². The molecule has 1 N–H and O–H groups in total. The molecule has 2 rings (SSSR count). The molecule has 0 unspecified atom stereocenters. The van der Waals surface area contributed by atoms with Crippen LogP contribution in [0.3, 0.4) is 0 Å². The van der Waals surface area contributed by atoms with E-state index >= 15 is 0 Å². The molecule has 1 aliphatic rings. The number of hydrogen-bond acceptors (Lipinski definition) is 5. The van der Waals surface area contributed by atoms with Gasteiger partial charge >= 0.3 is 11.9 Å². The van der Waals surface area contributed by atoms with E-state index in [1.54, 1.807) is 18.2 Å². The number of carbonyl (C=O) groups excluding carboxylic acids is 2. The maximum absolute atomic E-state index is 11.8. The van der Waals surface area contributed by atoms with Crippen LogP contribution in [0.5, 0.6) is 0 Å². The molecule has 0 aromatic heterocycles. The van der Waals surface area contributed by atoms with E-state index in [1.807, 2.05) is 0 Å². The van der Waals surface area contributed by atoms with E-state index in [-0.39, 0.29) is 0 Å². The SMILES string of the molecule is COC(=O)c1ccc(C(=O)OC)c(NC2CCCC2)c1. The van der Waals surface area contributed by atoms with Gasteiger partial charge in [-0.3, -0.25) is 0 Å². The average molecular weight is 277 g/mol. The first kappa shape index (κ1) is 14.4. The van der Waals surface area contributed by atoms with E-state index in [2.05, 4.69) is 5.32 Å². The van der Waals surface area contributed by atoms with E-state index in [0.717, 1.165) is 12.8 Å². The summed E-state index contributed by atoms with van der Waals surface area (Å²) in [7, 11) is 2.68. The molecule has 108 valence electrons. The monoisotopic (exact) mass is 277 g/mol. The fraction of sp³-hybridized carbons (Fsp3) is 0.467. The molecule has 0 heterocycles. The average Bonchev–Trinajstić information content (AvgIpc) is 2.98. The molecule has 0 radical (unpaired) electrons. The zero-order valence-electron chi connectivity index (χ0n) is 11.8. The third kappa shape index (κ3) is 3.10. The molecule has 1 aliphatic carbocycles. The van der Waals surface area contributed by atoms with Gasteiger partial charge in [-0.25, -0.2) is 9.59 Å². The third-order valence-electron chi connectivity index (χ3n) is 3.56. The van der Waals surface area contributed by atoms with Crippen LogP contribution in [-0.4, -0.2) is 32.2 Å². The van der Waals surface area contributed by atoms with Gasteiger partial charge in [-0.05, 0) is 31.0 Å². The zero-order chi connectivity index (χ0) is 14.5. The van der Waals surface area contributed by atoms with Crippen LogP contribution in [0.25, 0.3) is 0 Å². The van der Waals surface area contributed by atoms with Crippen LogP contribution in [-0.2, 0) is 9.47 Å². The van der Waals surface area contributed by atoms with Crippen LogP contribution in [0.15, 0.2) is 18.2 Å². The summed E-state index contributed by atoms with van der Waals surface area (Å²) >= 11 is 0. The largest absolute Gasteiger partial charge is 0.465 e. The minimum Gasteiger partial charge on any atom is -0.465 e.